The van der Waals surface area contributed by atoms with Crippen molar-refractivity contribution in [2.24, 2.45) is 5.92 Å². The first-order valence-corrected chi connectivity index (χ1v) is 26.2. The average Bonchev–Trinajstić information content (AvgIpc) is 3.43. The Morgan fingerprint density at radius 1 is 0.545 bits per heavy atom. The number of benzene rings is 5. The molecule has 0 aromatic heterocycles. The molecule has 5 aromatic carbocycles. The van der Waals surface area contributed by atoms with E-state index in [-0.39, 0.29) is 65.0 Å². The fourth-order valence-corrected chi connectivity index (χ4v) is 8.90. The van der Waals surface area contributed by atoms with Crippen LogP contribution in [-0.2, 0) is 85.3 Å². The molecule has 3 amide bonds. The highest BCUT2D eigenvalue weighted by atomic mass is 16.6. The van der Waals surface area contributed by atoms with Crippen molar-refractivity contribution in [3.05, 3.63) is 179 Å². The molecule has 1 saturated heterocycles. The SMILES string of the molecule is COC(=O)[C@H](CC(C)C)NC(=O)[C@H](NC(=O)[C@H](COCc1ccccc1)NC(=O)OC(C)(C)C)[C@](C)(O)C[C@@H]1O[C@H](COCc2ccccc2)[C@@H](OCc2ccccc2)[C@H](OCc2ccccc2)[C@H]1OCc1ccccc1. The van der Waals surface area contributed by atoms with Gasteiger partial charge in [-0.1, -0.05) is 166 Å². The zero-order chi connectivity index (χ0) is 55.2. The van der Waals surface area contributed by atoms with Crippen molar-refractivity contribution in [3.8, 4) is 0 Å². The van der Waals surface area contributed by atoms with Gasteiger partial charge in [0.15, 0.2) is 0 Å². The van der Waals surface area contributed by atoms with Crippen LogP contribution in [0, 0.1) is 5.92 Å². The number of hydrogen-bond donors (Lipinski definition) is 4. The summed E-state index contributed by atoms with van der Waals surface area (Å²) in [5.74, 6) is -2.61. The molecular weight excluding hydrogens is 983 g/mol. The van der Waals surface area contributed by atoms with Crippen molar-refractivity contribution in [3.63, 3.8) is 0 Å². The fraction of sp³-hybridized carbons (Fsp3) is 0.443. The number of esters is 1. The van der Waals surface area contributed by atoms with E-state index in [9.17, 15) is 24.3 Å². The molecule has 9 atom stereocenters. The molecule has 1 aliphatic heterocycles. The zero-order valence-electron chi connectivity index (χ0n) is 45.3. The van der Waals surface area contributed by atoms with Gasteiger partial charge in [-0.2, -0.15) is 0 Å². The van der Waals surface area contributed by atoms with Gasteiger partial charge in [-0.15, -0.1) is 0 Å². The van der Waals surface area contributed by atoms with Gasteiger partial charge in [0.1, 0.15) is 48.1 Å². The Morgan fingerprint density at radius 2 is 0.974 bits per heavy atom. The average molecular weight is 1060 g/mol. The van der Waals surface area contributed by atoms with Crippen LogP contribution in [0.4, 0.5) is 4.79 Å². The topological polar surface area (TPSA) is 198 Å². The second kappa shape index (κ2) is 29.9. The van der Waals surface area contributed by atoms with Crippen molar-refractivity contribution < 1.29 is 62.2 Å². The maximum atomic E-state index is 15.0. The molecule has 5 aromatic rings. The van der Waals surface area contributed by atoms with Crippen LogP contribution in [0.15, 0.2) is 152 Å². The van der Waals surface area contributed by atoms with Crippen LogP contribution in [-0.4, -0.2) is 109 Å². The van der Waals surface area contributed by atoms with Gasteiger partial charge in [0, 0.05) is 6.42 Å². The number of alkyl carbamates (subject to hydrolysis) is 1. The van der Waals surface area contributed by atoms with Gasteiger partial charge in [0.05, 0.1) is 65.1 Å². The molecule has 1 aliphatic rings. The van der Waals surface area contributed by atoms with Gasteiger partial charge in [-0.05, 0) is 67.9 Å². The summed E-state index contributed by atoms with van der Waals surface area (Å²) in [5.41, 5.74) is 1.23. The lowest BCUT2D eigenvalue weighted by Crippen LogP contribution is -2.67. The van der Waals surface area contributed by atoms with Crippen LogP contribution in [0.2, 0.25) is 0 Å². The van der Waals surface area contributed by atoms with Gasteiger partial charge in [-0.25, -0.2) is 9.59 Å². The Bertz CT molecular complexity index is 2530. The number of amides is 3. The number of methoxy groups -OCH3 is 1. The first kappa shape index (κ1) is 59.7. The molecule has 77 heavy (non-hydrogen) atoms. The molecule has 0 aliphatic carbocycles. The number of rotatable bonds is 28. The normalized spacial score (nSPS) is 19.5. The first-order valence-electron chi connectivity index (χ1n) is 26.2. The third-order valence-corrected chi connectivity index (χ3v) is 12.7. The number of aliphatic hydroxyl groups is 1. The Kier molecular flexibility index (Phi) is 23.2. The summed E-state index contributed by atoms with van der Waals surface area (Å²) in [4.78, 5) is 56.3. The quantitative estimate of drug-likeness (QED) is 0.0351. The summed E-state index contributed by atoms with van der Waals surface area (Å²) in [5, 5.41) is 21.2. The summed E-state index contributed by atoms with van der Waals surface area (Å²) in [6, 6.07) is 43.5. The van der Waals surface area contributed by atoms with E-state index in [0.717, 1.165) is 27.8 Å². The van der Waals surface area contributed by atoms with Crippen molar-refractivity contribution in [2.45, 2.75) is 147 Å². The Labute approximate surface area is 453 Å². The molecule has 0 radical (unpaired) electrons. The van der Waals surface area contributed by atoms with E-state index >= 15 is 0 Å². The molecule has 0 spiro atoms. The molecule has 0 saturated carbocycles. The van der Waals surface area contributed by atoms with E-state index in [4.69, 9.17) is 37.9 Å². The summed E-state index contributed by atoms with van der Waals surface area (Å²) >= 11 is 0. The van der Waals surface area contributed by atoms with Crippen LogP contribution in [0.25, 0.3) is 0 Å². The van der Waals surface area contributed by atoms with E-state index in [1.54, 1.807) is 20.8 Å². The standard InChI is InChI=1S/C61H77N3O13/c1-42(2)33-48(58(67)70-7)62-57(66)55(64-56(65)49(63-59(68)77-60(3,4)5)40-71-35-43-23-13-8-14-24-43)61(6,69)34-50-52(73-37-45-27-17-10-18-28-45)54(75-39-47-31-21-12-22-32-47)53(74-38-46-29-19-11-20-30-46)51(76-50)41-72-36-44-25-15-9-16-26-44/h8-32,42,48-55,69H,33-41H2,1-7H3,(H,62,66)(H,63,68)(H,64,65)/t48-,49-,50-,51+,52-,53+,54+,55-,61+/m0/s1. The summed E-state index contributed by atoms with van der Waals surface area (Å²) in [6.45, 7) is 10.6. The van der Waals surface area contributed by atoms with Crippen LogP contribution >= 0.6 is 0 Å². The highest BCUT2D eigenvalue weighted by Crippen LogP contribution is 2.35. The molecule has 1 heterocycles. The molecule has 1 fully saturated rings. The van der Waals surface area contributed by atoms with Crippen LogP contribution in [0.5, 0.6) is 0 Å². The second-order valence-electron chi connectivity index (χ2n) is 20.9. The highest BCUT2D eigenvalue weighted by molar-refractivity contribution is 5.94. The Morgan fingerprint density at radius 3 is 1.42 bits per heavy atom. The fourth-order valence-electron chi connectivity index (χ4n) is 8.90. The zero-order valence-corrected chi connectivity index (χ0v) is 45.3. The van der Waals surface area contributed by atoms with E-state index in [1.165, 1.54) is 14.0 Å². The highest BCUT2D eigenvalue weighted by Gasteiger charge is 2.52. The molecule has 0 unspecified atom stereocenters. The summed E-state index contributed by atoms with van der Waals surface area (Å²) in [6.07, 6.45) is -5.73. The van der Waals surface area contributed by atoms with Crippen molar-refractivity contribution in [2.75, 3.05) is 20.3 Å². The number of nitrogens with one attached hydrogen (secondary N) is 3. The van der Waals surface area contributed by atoms with Crippen molar-refractivity contribution in [1.29, 1.82) is 0 Å². The van der Waals surface area contributed by atoms with Crippen molar-refractivity contribution in [1.82, 2.24) is 16.0 Å². The predicted molar refractivity (Wildman–Crippen MR) is 290 cm³/mol. The smallest absolute Gasteiger partial charge is 0.408 e. The molecular formula is C61H77N3O13. The number of hydrogen-bond acceptors (Lipinski definition) is 13. The first-order chi connectivity index (χ1) is 37.0. The van der Waals surface area contributed by atoms with Gasteiger partial charge in [-0.3, -0.25) is 9.59 Å². The number of ether oxygens (including phenoxy) is 8. The lowest BCUT2D eigenvalue weighted by atomic mass is 9.83. The van der Waals surface area contributed by atoms with Gasteiger partial charge < -0.3 is 59.0 Å². The Hall–Kier alpha value is -6.50. The minimum atomic E-state index is -2.21. The van der Waals surface area contributed by atoms with Crippen LogP contribution in [0.3, 0.4) is 0 Å². The number of carbonyl (C=O) groups is 4. The second-order valence-corrected chi connectivity index (χ2v) is 20.9. The monoisotopic (exact) mass is 1060 g/mol. The van der Waals surface area contributed by atoms with E-state index in [2.05, 4.69) is 16.0 Å². The Balaban J connectivity index is 1.41. The third-order valence-electron chi connectivity index (χ3n) is 12.7. The maximum absolute atomic E-state index is 15.0. The molecule has 6 rings (SSSR count). The minimum absolute atomic E-state index is 0.0151. The maximum Gasteiger partial charge on any atom is 0.408 e. The largest absolute Gasteiger partial charge is 0.467 e. The molecule has 0 bridgehead atoms. The van der Waals surface area contributed by atoms with Crippen LogP contribution in [0.1, 0.15) is 82.2 Å². The van der Waals surface area contributed by atoms with E-state index in [1.807, 2.05) is 166 Å². The lowest BCUT2D eigenvalue weighted by Gasteiger charge is -2.48. The summed E-state index contributed by atoms with van der Waals surface area (Å²) in [7, 11) is 1.21. The minimum Gasteiger partial charge on any atom is -0.467 e. The van der Waals surface area contributed by atoms with E-state index in [0.29, 0.717) is 0 Å². The molecule has 16 heteroatoms. The van der Waals surface area contributed by atoms with Crippen LogP contribution < -0.4 is 16.0 Å². The van der Waals surface area contributed by atoms with Gasteiger partial charge in [0.2, 0.25) is 11.8 Å². The molecule has 414 valence electrons. The summed E-state index contributed by atoms with van der Waals surface area (Å²) < 4.78 is 50.8. The van der Waals surface area contributed by atoms with Crippen molar-refractivity contribution >= 4 is 23.9 Å². The molecule has 4 N–H and O–H groups in total. The number of carbonyl (C=O) groups excluding carboxylic acids is 4. The van der Waals surface area contributed by atoms with E-state index < -0.39 is 83.7 Å². The lowest BCUT2D eigenvalue weighted by molar-refractivity contribution is -0.279. The predicted octanol–water partition coefficient (Wildman–Crippen LogP) is 8.17. The van der Waals surface area contributed by atoms with Gasteiger partial charge in [0.25, 0.3) is 0 Å². The third kappa shape index (κ3) is 19.8. The molecule has 16 nitrogen and oxygen atoms in total. The van der Waals surface area contributed by atoms with Gasteiger partial charge >= 0.3 is 12.1 Å².